The molecule has 1 fully saturated rings. The van der Waals surface area contributed by atoms with Gasteiger partial charge in [-0.05, 0) is 31.3 Å². The predicted octanol–water partition coefficient (Wildman–Crippen LogP) is 2.50. The summed E-state index contributed by atoms with van der Waals surface area (Å²) in [5.74, 6) is -0.887. The van der Waals surface area contributed by atoms with Crippen LogP contribution in [0.2, 0.25) is 0 Å². The number of hydrogen-bond donors (Lipinski definition) is 2. The van der Waals surface area contributed by atoms with Crippen LogP contribution in [0.15, 0.2) is 0 Å². The van der Waals surface area contributed by atoms with E-state index in [1.54, 1.807) is 6.92 Å². The molecule has 1 aromatic heterocycles. The topological polar surface area (TPSA) is 62.2 Å². The van der Waals surface area contributed by atoms with Crippen LogP contribution in [0.25, 0.3) is 0 Å². The first-order valence-electron chi connectivity index (χ1n) is 5.14. The lowest BCUT2D eigenvalue weighted by molar-refractivity contribution is 0.0697. The highest BCUT2D eigenvalue weighted by molar-refractivity contribution is 7.10. The van der Waals surface area contributed by atoms with Gasteiger partial charge in [0.25, 0.3) is 0 Å². The van der Waals surface area contributed by atoms with E-state index in [4.69, 9.17) is 5.11 Å². The first-order chi connectivity index (χ1) is 7.18. The predicted molar refractivity (Wildman–Crippen MR) is 59.7 cm³/mol. The van der Waals surface area contributed by atoms with Crippen LogP contribution in [0.5, 0.6) is 0 Å². The molecular weight excluding hydrogens is 212 g/mol. The second-order valence-electron chi connectivity index (χ2n) is 3.90. The fraction of sp³-hybridized carbons (Fsp3) is 0.600. The molecule has 0 aliphatic heterocycles. The van der Waals surface area contributed by atoms with Crippen molar-refractivity contribution in [3.05, 3.63) is 11.3 Å². The summed E-state index contributed by atoms with van der Waals surface area (Å²) in [7, 11) is 0. The van der Waals surface area contributed by atoms with Gasteiger partial charge >= 0.3 is 5.97 Å². The summed E-state index contributed by atoms with van der Waals surface area (Å²) in [6.07, 6.45) is 4.74. The molecule has 0 bridgehead atoms. The van der Waals surface area contributed by atoms with Gasteiger partial charge in [0, 0.05) is 6.04 Å². The molecule has 1 saturated carbocycles. The van der Waals surface area contributed by atoms with E-state index in [1.165, 1.54) is 24.4 Å². The van der Waals surface area contributed by atoms with E-state index in [9.17, 15) is 4.79 Å². The molecule has 0 saturated heterocycles. The lowest BCUT2D eigenvalue weighted by Crippen LogP contribution is -2.15. The van der Waals surface area contributed by atoms with E-state index in [2.05, 4.69) is 9.69 Å². The highest BCUT2D eigenvalue weighted by Gasteiger charge is 2.21. The van der Waals surface area contributed by atoms with Crippen LogP contribution in [-0.2, 0) is 0 Å². The van der Waals surface area contributed by atoms with E-state index < -0.39 is 5.97 Å². The number of nitrogens with one attached hydrogen (secondary N) is 1. The van der Waals surface area contributed by atoms with E-state index in [0.717, 1.165) is 12.8 Å². The molecule has 0 unspecified atom stereocenters. The highest BCUT2D eigenvalue weighted by atomic mass is 32.1. The molecule has 0 aromatic carbocycles. The Balaban J connectivity index is 2.16. The maximum atomic E-state index is 11.0. The molecule has 1 heterocycles. The van der Waals surface area contributed by atoms with E-state index >= 15 is 0 Å². The molecule has 15 heavy (non-hydrogen) atoms. The van der Waals surface area contributed by atoms with Crippen molar-refractivity contribution in [3.8, 4) is 0 Å². The van der Waals surface area contributed by atoms with Gasteiger partial charge < -0.3 is 10.4 Å². The van der Waals surface area contributed by atoms with Crippen LogP contribution in [0.1, 0.15) is 41.7 Å². The molecular formula is C10H14N2O2S. The molecule has 0 spiro atoms. The van der Waals surface area contributed by atoms with Gasteiger partial charge in [0.2, 0.25) is 0 Å². The van der Waals surface area contributed by atoms with Gasteiger partial charge in [0.15, 0.2) is 0 Å². The summed E-state index contributed by atoms with van der Waals surface area (Å²) in [5.41, 5.74) is 0.944. The normalized spacial score (nSPS) is 16.9. The fourth-order valence-corrected chi connectivity index (χ4v) is 2.84. The van der Waals surface area contributed by atoms with Gasteiger partial charge in [-0.3, -0.25) is 0 Å². The van der Waals surface area contributed by atoms with E-state index in [1.807, 2.05) is 0 Å². The zero-order valence-electron chi connectivity index (χ0n) is 8.62. The van der Waals surface area contributed by atoms with Crippen LogP contribution >= 0.6 is 11.5 Å². The summed E-state index contributed by atoms with van der Waals surface area (Å²) < 4.78 is 4.08. The molecule has 0 radical (unpaired) electrons. The van der Waals surface area contributed by atoms with Crippen LogP contribution < -0.4 is 5.32 Å². The SMILES string of the molecule is Cc1nsc(NC2CCCC2)c1C(=O)O. The lowest BCUT2D eigenvalue weighted by Gasteiger charge is -2.11. The lowest BCUT2D eigenvalue weighted by atomic mass is 10.2. The molecule has 1 aliphatic rings. The maximum absolute atomic E-state index is 11.0. The third kappa shape index (κ3) is 2.12. The van der Waals surface area contributed by atoms with Gasteiger partial charge in [-0.15, -0.1) is 0 Å². The van der Waals surface area contributed by atoms with Crippen molar-refractivity contribution in [2.75, 3.05) is 5.32 Å². The Bertz CT molecular complexity index is 369. The molecule has 1 aliphatic carbocycles. The molecule has 0 atom stereocenters. The van der Waals surface area contributed by atoms with Gasteiger partial charge in [0.05, 0.1) is 5.69 Å². The van der Waals surface area contributed by atoms with Crippen molar-refractivity contribution in [2.45, 2.75) is 38.6 Å². The summed E-state index contributed by atoms with van der Waals surface area (Å²) >= 11 is 1.25. The van der Waals surface area contributed by atoms with Crippen LogP contribution in [0, 0.1) is 6.92 Å². The van der Waals surface area contributed by atoms with Crippen molar-refractivity contribution in [2.24, 2.45) is 0 Å². The monoisotopic (exact) mass is 226 g/mol. The summed E-state index contributed by atoms with van der Waals surface area (Å²) in [5, 5.41) is 13.0. The highest BCUT2D eigenvalue weighted by Crippen LogP contribution is 2.29. The molecule has 82 valence electrons. The van der Waals surface area contributed by atoms with Crippen molar-refractivity contribution in [3.63, 3.8) is 0 Å². The molecule has 4 nitrogen and oxygen atoms in total. The molecule has 1 aromatic rings. The third-order valence-electron chi connectivity index (χ3n) is 2.77. The minimum atomic E-state index is -0.887. The average Bonchev–Trinajstić information content (AvgIpc) is 2.76. The van der Waals surface area contributed by atoms with Crippen LogP contribution in [0.3, 0.4) is 0 Å². The molecule has 5 heteroatoms. The zero-order chi connectivity index (χ0) is 10.8. The summed E-state index contributed by atoms with van der Waals surface area (Å²) in [4.78, 5) is 11.0. The van der Waals surface area contributed by atoms with Gasteiger partial charge in [-0.1, -0.05) is 12.8 Å². The number of aromatic carboxylic acids is 1. The summed E-state index contributed by atoms with van der Waals surface area (Å²) in [6.45, 7) is 1.74. The number of carboxylic acid groups (broad SMARTS) is 1. The number of nitrogens with zero attached hydrogens (tertiary/aromatic N) is 1. The average molecular weight is 226 g/mol. The fourth-order valence-electron chi connectivity index (χ4n) is 1.98. The zero-order valence-corrected chi connectivity index (χ0v) is 9.43. The molecule has 2 N–H and O–H groups in total. The number of hydrogen-bond acceptors (Lipinski definition) is 4. The summed E-state index contributed by atoms with van der Waals surface area (Å²) in [6, 6.07) is 0.433. The van der Waals surface area contributed by atoms with Gasteiger partial charge in [0.1, 0.15) is 10.6 Å². The number of carbonyl (C=O) groups is 1. The largest absolute Gasteiger partial charge is 0.478 e. The van der Waals surface area contributed by atoms with Crippen molar-refractivity contribution < 1.29 is 9.90 Å². The minimum Gasteiger partial charge on any atom is -0.478 e. The van der Waals surface area contributed by atoms with E-state index in [-0.39, 0.29) is 0 Å². The third-order valence-corrected chi connectivity index (χ3v) is 3.64. The Morgan fingerprint density at radius 1 is 1.53 bits per heavy atom. The number of aryl methyl sites for hydroxylation is 1. The Kier molecular flexibility index (Phi) is 2.90. The first-order valence-corrected chi connectivity index (χ1v) is 5.92. The van der Waals surface area contributed by atoms with Gasteiger partial charge in [-0.2, -0.15) is 4.37 Å². The van der Waals surface area contributed by atoms with Crippen LogP contribution in [0.4, 0.5) is 5.00 Å². The number of aromatic nitrogens is 1. The second kappa shape index (κ2) is 4.18. The number of anilines is 1. The first kappa shape index (κ1) is 10.4. The standard InChI is InChI=1S/C10H14N2O2S/c1-6-8(10(13)14)9(15-12-6)11-7-4-2-3-5-7/h7,11H,2-5H2,1H3,(H,13,14). The molecule has 2 rings (SSSR count). The van der Waals surface area contributed by atoms with E-state index in [0.29, 0.717) is 22.3 Å². The Morgan fingerprint density at radius 2 is 2.20 bits per heavy atom. The second-order valence-corrected chi connectivity index (χ2v) is 4.68. The van der Waals surface area contributed by atoms with Crippen molar-refractivity contribution in [1.82, 2.24) is 4.37 Å². The maximum Gasteiger partial charge on any atom is 0.340 e. The Labute approximate surface area is 92.5 Å². The number of rotatable bonds is 3. The van der Waals surface area contributed by atoms with Crippen LogP contribution in [-0.4, -0.2) is 21.5 Å². The van der Waals surface area contributed by atoms with Crippen molar-refractivity contribution >= 4 is 22.5 Å². The quantitative estimate of drug-likeness (QED) is 0.831. The smallest absolute Gasteiger partial charge is 0.340 e. The number of carboxylic acids is 1. The van der Waals surface area contributed by atoms with Gasteiger partial charge in [-0.25, -0.2) is 4.79 Å². The molecule has 0 amide bonds. The Hall–Kier alpha value is -1.10. The van der Waals surface area contributed by atoms with Crippen molar-refractivity contribution in [1.29, 1.82) is 0 Å². The Morgan fingerprint density at radius 3 is 2.80 bits per heavy atom. The minimum absolute atomic E-state index is 0.340.